The molecule has 0 saturated heterocycles. The van der Waals surface area contributed by atoms with Gasteiger partial charge in [0.15, 0.2) is 0 Å². The van der Waals surface area contributed by atoms with Crippen molar-refractivity contribution < 1.29 is 4.39 Å². The van der Waals surface area contributed by atoms with Crippen molar-refractivity contribution >= 4 is 0 Å². The first-order valence-corrected chi connectivity index (χ1v) is 6.14. The van der Waals surface area contributed by atoms with E-state index >= 15 is 0 Å². The number of hydrogen-bond donors (Lipinski definition) is 1. The fraction of sp³-hybridized carbons (Fsp3) is 0.267. The Morgan fingerprint density at radius 3 is 2.50 bits per heavy atom. The molecule has 1 heterocycles. The summed E-state index contributed by atoms with van der Waals surface area (Å²) in [5.41, 5.74) is 7.68. The van der Waals surface area contributed by atoms with Gasteiger partial charge in [-0.05, 0) is 54.6 Å². The second-order valence-corrected chi connectivity index (χ2v) is 4.35. The molecule has 0 fully saturated rings. The van der Waals surface area contributed by atoms with E-state index in [4.69, 9.17) is 5.73 Å². The maximum atomic E-state index is 13.7. The highest BCUT2D eigenvalue weighted by Gasteiger charge is 2.13. The molecule has 1 aromatic carbocycles. The Morgan fingerprint density at radius 2 is 1.83 bits per heavy atom. The normalized spacial score (nSPS) is 12.3. The fourth-order valence-corrected chi connectivity index (χ4v) is 2.10. The number of pyridine rings is 1. The quantitative estimate of drug-likeness (QED) is 0.878. The number of rotatable bonds is 5. The van der Waals surface area contributed by atoms with E-state index in [0.717, 1.165) is 12.8 Å². The molecular formula is C15H17FN2. The van der Waals surface area contributed by atoms with Crippen molar-refractivity contribution in [1.29, 1.82) is 0 Å². The van der Waals surface area contributed by atoms with Gasteiger partial charge in [-0.25, -0.2) is 4.39 Å². The SMILES string of the molecule is NCC(CCc1ccncc1)c1ccccc1F. The predicted octanol–water partition coefficient (Wildman–Crippen LogP) is 2.90. The van der Waals surface area contributed by atoms with E-state index in [1.807, 2.05) is 24.3 Å². The summed E-state index contributed by atoms with van der Waals surface area (Å²) in [6, 6.07) is 10.8. The first kappa shape index (κ1) is 12.7. The van der Waals surface area contributed by atoms with Gasteiger partial charge in [0.1, 0.15) is 5.82 Å². The number of nitrogens with two attached hydrogens (primary N) is 1. The zero-order valence-corrected chi connectivity index (χ0v) is 10.2. The molecule has 1 atom stereocenters. The molecule has 0 radical (unpaired) electrons. The summed E-state index contributed by atoms with van der Waals surface area (Å²) in [5.74, 6) is -0.0953. The zero-order chi connectivity index (χ0) is 12.8. The summed E-state index contributed by atoms with van der Waals surface area (Å²) in [6.07, 6.45) is 5.28. The monoisotopic (exact) mass is 244 g/mol. The highest BCUT2D eigenvalue weighted by atomic mass is 19.1. The Hall–Kier alpha value is -1.74. The number of aromatic nitrogens is 1. The van der Waals surface area contributed by atoms with Crippen LogP contribution in [0, 0.1) is 5.82 Å². The van der Waals surface area contributed by atoms with E-state index in [9.17, 15) is 4.39 Å². The smallest absolute Gasteiger partial charge is 0.126 e. The standard InChI is InChI=1S/C15H17FN2/c16-15-4-2-1-3-14(15)13(11-17)6-5-12-7-9-18-10-8-12/h1-4,7-10,13H,5-6,11,17H2. The highest BCUT2D eigenvalue weighted by Crippen LogP contribution is 2.23. The van der Waals surface area contributed by atoms with Gasteiger partial charge in [-0.1, -0.05) is 18.2 Å². The van der Waals surface area contributed by atoms with Crippen molar-refractivity contribution in [3.8, 4) is 0 Å². The molecule has 0 amide bonds. The van der Waals surface area contributed by atoms with E-state index in [-0.39, 0.29) is 11.7 Å². The van der Waals surface area contributed by atoms with Gasteiger partial charge in [0.05, 0.1) is 0 Å². The largest absolute Gasteiger partial charge is 0.330 e. The summed E-state index contributed by atoms with van der Waals surface area (Å²) in [7, 11) is 0. The third kappa shape index (κ3) is 3.14. The minimum absolute atomic E-state index is 0.0689. The van der Waals surface area contributed by atoms with Gasteiger partial charge in [-0.2, -0.15) is 0 Å². The van der Waals surface area contributed by atoms with E-state index in [0.29, 0.717) is 12.1 Å². The molecule has 94 valence electrons. The fourth-order valence-electron chi connectivity index (χ4n) is 2.10. The second kappa shape index (κ2) is 6.26. The molecule has 0 aliphatic carbocycles. The van der Waals surface area contributed by atoms with Crippen molar-refractivity contribution in [2.24, 2.45) is 5.73 Å². The number of hydrogen-bond acceptors (Lipinski definition) is 2. The lowest BCUT2D eigenvalue weighted by Gasteiger charge is -2.15. The lowest BCUT2D eigenvalue weighted by atomic mass is 9.92. The molecule has 0 saturated carbocycles. The van der Waals surface area contributed by atoms with E-state index in [1.165, 1.54) is 11.6 Å². The molecule has 18 heavy (non-hydrogen) atoms. The molecule has 0 bridgehead atoms. The van der Waals surface area contributed by atoms with E-state index < -0.39 is 0 Å². The van der Waals surface area contributed by atoms with Gasteiger partial charge in [-0.15, -0.1) is 0 Å². The van der Waals surface area contributed by atoms with Crippen molar-refractivity contribution in [1.82, 2.24) is 4.98 Å². The maximum Gasteiger partial charge on any atom is 0.126 e. The summed E-state index contributed by atoms with van der Waals surface area (Å²) >= 11 is 0. The Balaban J connectivity index is 2.04. The zero-order valence-electron chi connectivity index (χ0n) is 10.2. The number of halogens is 1. The van der Waals surface area contributed by atoms with Gasteiger partial charge in [0.2, 0.25) is 0 Å². The Bertz CT molecular complexity index is 485. The third-order valence-electron chi connectivity index (χ3n) is 3.16. The average molecular weight is 244 g/mol. The molecule has 0 aliphatic rings. The van der Waals surface area contributed by atoms with Crippen LogP contribution < -0.4 is 5.73 Å². The minimum Gasteiger partial charge on any atom is -0.330 e. The molecule has 3 heteroatoms. The van der Waals surface area contributed by atoms with Crippen LogP contribution >= 0.6 is 0 Å². The Morgan fingerprint density at radius 1 is 1.11 bits per heavy atom. The average Bonchev–Trinajstić information content (AvgIpc) is 2.42. The van der Waals surface area contributed by atoms with Crippen molar-refractivity contribution in [3.05, 3.63) is 65.7 Å². The van der Waals surface area contributed by atoms with Crippen LogP contribution in [0.25, 0.3) is 0 Å². The van der Waals surface area contributed by atoms with E-state index in [2.05, 4.69) is 4.98 Å². The van der Waals surface area contributed by atoms with Crippen molar-refractivity contribution in [2.45, 2.75) is 18.8 Å². The van der Waals surface area contributed by atoms with Crippen LogP contribution in [-0.4, -0.2) is 11.5 Å². The van der Waals surface area contributed by atoms with Crippen molar-refractivity contribution in [2.75, 3.05) is 6.54 Å². The third-order valence-corrected chi connectivity index (χ3v) is 3.16. The topological polar surface area (TPSA) is 38.9 Å². The first-order valence-electron chi connectivity index (χ1n) is 6.14. The van der Waals surface area contributed by atoms with Gasteiger partial charge < -0.3 is 5.73 Å². The Labute approximate surface area is 107 Å². The van der Waals surface area contributed by atoms with Gasteiger partial charge in [-0.3, -0.25) is 4.98 Å². The van der Waals surface area contributed by atoms with Gasteiger partial charge in [0, 0.05) is 12.4 Å². The first-order chi connectivity index (χ1) is 8.81. The van der Waals surface area contributed by atoms with E-state index in [1.54, 1.807) is 18.5 Å². The molecule has 1 unspecified atom stereocenters. The molecule has 2 rings (SSSR count). The number of benzene rings is 1. The second-order valence-electron chi connectivity index (χ2n) is 4.35. The Kier molecular flexibility index (Phi) is 4.42. The van der Waals surface area contributed by atoms with Crippen LogP contribution in [0.3, 0.4) is 0 Å². The molecular weight excluding hydrogens is 227 g/mol. The minimum atomic E-state index is -0.164. The van der Waals surface area contributed by atoms with Crippen LogP contribution in [0.15, 0.2) is 48.8 Å². The summed E-state index contributed by atoms with van der Waals surface area (Å²) < 4.78 is 13.7. The number of nitrogens with zero attached hydrogens (tertiary/aromatic N) is 1. The van der Waals surface area contributed by atoms with Crippen LogP contribution in [0.2, 0.25) is 0 Å². The molecule has 0 spiro atoms. The van der Waals surface area contributed by atoms with Crippen LogP contribution in [-0.2, 0) is 6.42 Å². The molecule has 1 aromatic heterocycles. The lowest BCUT2D eigenvalue weighted by molar-refractivity contribution is 0.558. The van der Waals surface area contributed by atoms with Crippen molar-refractivity contribution in [3.63, 3.8) is 0 Å². The summed E-state index contributed by atoms with van der Waals surface area (Å²) in [4.78, 5) is 3.98. The van der Waals surface area contributed by atoms with Crippen LogP contribution in [0.5, 0.6) is 0 Å². The van der Waals surface area contributed by atoms with Gasteiger partial charge >= 0.3 is 0 Å². The molecule has 2 N–H and O–H groups in total. The number of aryl methyl sites for hydroxylation is 1. The predicted molar refractivity (Wildman–Crippen MR) is 70.8 cm³/mol. The molecule has 2 nitrogen and oxygen atoms in total. The van der Waals surface area contributed by atoms with Crippen LogP contribution in [0.1, 0.15) is 23.5 Å². The molecule has 0 aliphatic heterocycles. The lowest BCUT2D eigenvalue weighted by Crippen LogP contribution is -2.14. The van der Waals surface area contributed by atoms with Crippen LogP contribution in [0.4, 0.5) is 4.39 Å². The summed E-state index contributed by atoms with van der Waals surface area (Å²) in [6.45, 7) is 0.464. The molecule has 2 aromatic rings. The highest BCUT2D eigenvalue weighted by molar-refractivity contribution is 5.22. The maximum absolute atomic E-state index is 13.7. The summed E-state index contributed by atoms with van der Waals surface area (Å²) in [5, 5.41) is 0. The van der Waals surface area contributed by atoms with Gasteiger partial charge in [0.25, 0.3) is 0 Å².